The molecule has 2 aromatic carbocycles. The minimum absolute atomic E-state index is 0.516. The molecule has 0 aliphatic rings. The van der Waals surface area contributed by atoms with Crippen molar-refractivity contribution in [1.29, 1.82) is 0 Å². The van der Waals surface area contributed by atoms with Gasteiger partial charge < -0.3 is 0 Å². The number of pyridine rings is 1. The molecule has 0 radical (unpaired) electrons. The lowest BCUT2D eigenvalue weighted by Crippen LogP contribution is -2.25. The second kappa shape index (κ2) is 9.85. The lowest BCUT2D eigenvalue weighted by atomic mass is 10.1. The number of nitrogens with one attached hydrogen (secondary N) is 2. The summed E-state index contributed by atoms with van der Waals surface area (Å²) in [7, 11) is -6.60. The van der Waals surface area contributed by atoms with Crippen molar-refractivity contribution in [3.8, 4) is 0 Å². The van der Waals surface area contributed by atoms with Crippen molar-refractivity contribution in [1.82, 2.24) is 9.88 Å². The maximum absolute atomic E-state index is 11.4. The Bertz CT molecular complexity index is 1290. The molecule has 3 rings (SSSR count). The van der Waals surface area contributed by atoms with Crippen LogP contribution in [-0.4, -0.2) is 52.3 Å². The van der Waals surface area contributed by atoms with Crippen molar-refractivity contribution in [3.63, 3.8) is 0 Å². The minimum Gasteiger partial charge on any atom is -0.297 e. The molecule has 0 unspecified atom stereocenters. The molecule has 0 atom stereocenters. The highest BCUT2D eigenvalue weighted by Gasteiger charge is 2.09. The van der Waals surface area contributed by atoms with Gasteiger partial charge in [-0.05, 0) is 54.9 Å². The van der Waals surface area contributed by atoms with Crippen LogP contribution < -0.4 is 9.44 Å². The molecule has 2 N–H and O–H groups in total. The third kappa shape index (κ3) is 7.47. The first-order chi connectivity index (χ1) is 15.0. The van der Waals surface area contributed by atoms with E-state index >= 15 is 0 Å². The Hall–Kier alpha value is -2.69. The predicted octanol–water partition coefficient (Wildman–Crippen LogP) is 3.04. The van der Waals surface area contributed by atoms with E-state index in [0.717, 1.165) is 54.2 Å². The Morgan fingerprint density at radius 2 is 1.47 bits per heavy atom. The topological polar surface area (TPSA) is 108 Å². The number of aromatic nitrogens is 1. The normalized spacial score (nSPS) is 12.2. The van der Waals surface area contributed by atoms with Crippen LogP contribution in [0.2, 0.25) is 0 Å². The second-order valence-corrected chi connectivity index (χ2v) is 11.3. The standard InChI is InChI=1S/C22H28N4O4S2/c1-4-26(14-13-17-5-8-19(9-6-17)24-31(2,27)28)16-21-10-7-18-15-20(25-32(3,29)30)11-12-22(18)23-21/h5-12,15,24-25H,4,13-14,16H2,1-3H3. The monoisotopic (exact) mass is 476 g/mol. The SMILES string of the molecule is CCN(CCc1ccc(NS(C)(=O)=O)cc1)Cc1ccc2cc(NS(C)(=O)=O)ccc2n1. The van der Waals surface area contributed by atoms with Gasteiger partial charge in [0.15, 0.2) is 0 Å². The minimum atomic E-state index is -3.32. The van der Waals surface area contributed by atoms with Crippen LogP contribution in [0.3, 0.4) is 0 Å². The summed E-state index contributed by atoms with van der Waals surface area (Å²) in [6.07, 6.45) is 3.09. The third-order valence-electron chi connectivity index (χ3n) is 4.86. The fourth-order valence-electron chi connectivity index (χ4n) is 3.35. The van der Waals surface area contributed by atoms with Crippen molar-refractivity contribution in [3.05, 3.63) is 65.9 Å². The van der Waals surface area contributed by atoms with Crippen molar-refractivity contribution >= 4 is 42.3 Å². The lowest BCUT2D eigenvalue weighted by Gasteiger charge is -2.20. The summed E-state index contributed by atoms with van der Waals surface area (Å²) in [5.74, 6) is 0. The van der Waals surface area contributed by atoms with E-state index in [4.69, 9.17) is 4.98 Å². The van der Waals surface area contributed by atoms with Gasteiger partial charge in [-0.1, -0.05) is 25.1 Å². The number of benzene rings is 2. The van der Waals surface area contributed by atoms with Crippen LogP contribution in [0.5, 0.6) is 0 Å². The average Bonchev–Trinajstić information content (AvgIpc) is 2.70. The van der Waals surface area contributed by atoms with Crippen LogP contribution in [0, 0.1) is 0 Å². The van der Waals surface area contributed by atoms with E-state index in [1.54, 1.807) is 24.3 Å². The summed E-state index contributed by atoms with van der Waals surface area (Å²) in [5, 5.41) is 0.869. The van der Waals surface area contributed by atoms with Gasteiger partial charge in [-0.2, -0.15) is 0 Å². The van der Waals surface area contributed by atoms with E-state index in [-0.39, 0.29) is 0 Å². The Labute approximate surface area is 189 Å². The highest BCUT2D eigenvalue weighted by molar-refractivity contribution is 7.92. The maximum atomic E-state index is 11.4. The Morgan fingerprint density at radius 3 is 2.09 bits per heavy atom. The van der Waals surface area contributed by atoms with Crippen molar-refractivity contribution in [2.24, 2.45) is 0 Å². The van der Waals surface area contributed by atoms with Gasteiger partial charge in [-0.25, -0.2) is 16.8 Å². The molecule has 0 amide bonds. The van der Waals surface area contributed by atoms with Crippen molar-refractivity contribution in [2.75, 3.05) is 35.0 Å². The molecule has 1 heterocycles. The zero-order valence-corrected chi connectivity index (χ0v) is 20.0. The van der Waals surface area contributed by atoms with Crippen LogP contribution in [-0.2, 0) is 33.0 Å². The largest absolute Gasteiger partial charge is 0.297 e. The van der Waals surface area contributed by atoms with E-state index in [1.165, 1.54) is 0 Å². The number of fused-ring (bicyclic) bond motifs is 1. The molecular weight excluding hydrogens is 448 g/mol. The van der Waals surface area contributed by atoms with E-state index < -0.39 is 20.0 Å². The first-order valence-electron chi connectivity index (χ1n) is 10.2. The maximum Gasteiger partial charge on any atom is 0.229 e. The number of hydrogen-bond acceptors (Lipinski definition) is 6. The quantitative estimate of drug-likeness (QED) is 0.466. The van der Waals surface area contributed by atoms with Gasteiger partial charge in [-0.3, -0.25) is 19.3 Å². The molecule has 32 heavy (non-hydrogen) atoms. The zero-order chi connectivity index (χ0) is 23.4. The first kappa shape index (κ1) is 24.0. The molecular formula is C22H28N4O4S2. The van der Waals surface area contributed by atoms with E-state index in [9.17, 15) is 16.8 Å². The van der Waals surface area contributed by atoms with Gasteiger partial charge in [0.2, 0.25) is 20.0 Å². The first-order valence-corrected chi connectivity index (χ1v) is 14.0. The van der Waals surface area contributed by atoms with Crippen LogP contribution >= 0.6 is 0 Å². The molecule has 0 saturated heterocycles. The van der Waals surface area contributed by atoms with E-state index in [0.29, 0.717) is 17.9 Å². The molecule has 172 valence electrons. The van der Waals surface area contributed by atoms with Gasteiger partial charge >= 0.3 is 0 Å². The number of likely N-dealkylation sites (N-methyl/N-ethyl adjacent to an activating group) is 1. The van der Waals surface area contributed by atoms with Gasteiger partial charge in [0.25, 0.3) is 0 Å². The van der Waals surface area contributed by atoms with Crippen molar-refractivity contribution in [2.45, 2.75) is 19.9 Å². The van der Waals surface area contributed by atoms with Crippen molar-refractivity contribution < 1.29 is 16.8 Å². The fourth-order valence-corrected chi connectivity index (χ4v) is 4.47. The zero-order valence-electron chi connectivity index (χ0n) is 18.4. The van der Waals surface area contributed by atoms with Gasteiger partial charge in [0, 0.05) is 29.9 Å². The van der Waals surface area contributed by atoms with Crippen LogP contribution in [0.15, 0.2) is 54.6 Å². The Balaban J connectivity index is 1.62. The summed E-state index contributed by atoms with van der Waals surface area (Å²) in [4.78, 5) is 7.01. The smallest absolute Gasteiger partial charge is 0.229 e. The molecule has 0 spiro atoms. The molecule has 0 aliphatic heterocycles. The van der Waals surface area contributed by atoms with Gasteiger partial charge in [-0.15, -0.1) is 0 Å². The molecule has 8 nitrogen and oxygen atoms in total. The van der Waals surface area contributed by atoms with Gasteiger partial charge in [0.05, 0.1) is 23.7 Å². The molecule has 10 heteroatoms. The molecule has 0 fully saturated rings. The number of sulfonamides is 2. The van der Waals surface area contributed by atoms with E-state index in [2.05, 4.69) is 21.3 Å². The highest BCUT2D eigenvalue weighted by Crippen LogP contribution is 2.20. The summed E-state index contributed by atoms with van der Waals surface area (Å²) < 4.78 is 50.4. The van der Waals surface area contributed by atoms with Gasteiger partial charge in [0.1, 0.15) is 0 Å². The summed E-state index contributed by atoms with van der Waals surface area (Å²) in [5.41, 5.74) is 3.95. The molecule has 1 aromatic heterocycles. The second-order valence-electron chi connectivity index (χ2n) is 7.77. The van der Waals surface area contributed by atoms with Crippen LogP contribution in [0.1, 0.15) is 18.2 Å². The molecule has 0 saturated carbocycles. The highest BCUT2D eigenvalue weighted by atomic mass is 32.2. The molecule has 0 aliphatic carbocycles. The molecule has 0 bridgehead atoms. The lowest BCUT2D eigenvalue weighted by molar-refractivity contribution is 0.280. The summed E-state index contributed by atoms with van der Waals surface area (Å²) in [6.45, 7) is 4.50. The Morgan fingerprint density at radius 1 is 0.844 bits per heavy atom. The number of hydrogen-bond donors (Lipinski definition) is 2. The predicted molar refractivity (Wildman–Crippen MR) is 130 cm³/mol. The fraction of sp³-hybridized carbons (Fsp3) is 0.318. The number of anilines is 2. The summed E-state index contributed by atoms with van der Waals surface area (Å²) in [6, 6.07) is 16.6. The Kier molecular flexibility index (Phi) is 7.37. The van der Waals surface area contributed by atoms with Crippen LogP contribution in [0.25, 0.3) is 10.9 Å². The number of rotatable bonds is 10. The summed E-state index contributed by atoms with van der Waals surface area (Å²) >= 11 is 0. The number of nitrogens with zero attached hydrogens (tertiary/aromatic N) is 2. The molecule has 3 aromatic rings. The average molecular weight is 477 g/mol. The third-order valence-corrected chi connectivity index (χ3v) is 6.07. The van der Waals surface area contributed by atoms with Crippen LogP contribution in [0.4, 0.5) is 11.4 Å². The van der Waals surface area contributed by atoms with E-state index in [1.807, 2.05) is 30.3 Å².